The molecule has 1 heterocycles. The maximum atomic E-state index is 10.9. The van der Waals surface area contributed by atoms with E-state index in [0.717, 1.165) is 5.69 Å². The van der Waals surface area contributed by atoms with Gasteiger partial charge in [-0.3, -0.25) is 4.98 Å². The van der Waals surface area contributed by atoms with Gasteiger partial charge in [-0.15, -0.1) is 0 Å². The summed E-state index contributed by atoms with van der Waals surface area (Å²) in [7, 11) is 0. The normalized spacial score (nSPS) is 10.3. The fourth-order valence-electron chi connectivity index (χ4n) is 1.73. The Bertz CT molecular complexity index is 570. The molecule has 5 nitrogen and oxygen atoms in total. The van der Waals surface area contributed by atoms with Gasteiger partial charge in [0.25, 0.3) is 0 Å². The molecule has 0 amide bonds. The van der Waals surface area contributed by atoms with E-state index in [4.69, 9.17) is 5.11 Å². The number of carboxylic acid groups (broad SMARTS) is 1. The lowest BCUT2D eigenvalue weighted by Crippen LogP contribution is -2.14. The van der Waals surface area contributed by atoms with Crippen LogP contribution in [0.2, 0.25) is 0 Å². The zero-order valence-electron chi connectivity index (χ0n) is 10.2. The highest BCUT2D eigenvalue weighted by molar-refractivity contribution is 5.91. The third-order valence-corrected chi connectivity index (χ3v) is 2.70. The minimum absolute atomic E-state index is 0.0860. The summed E-state index contributed by atoms with van der Waals surface area (Å²) in [6, 6.07) is 10.3. The summed E-state index contributed by atoms with van der Waals surface area (Å²) in [5.41, 5.74) is 1.35. The van der Waals surface area contributed by atoms with Crippen molar-refractivity contribution in [1.82, 2.24) is 10.3 Å². The van der Waals surface area contributed by atoms with Crippen LogP contribution in [-0.2, 0) is 13.1 Å². The Morgan fingerprint density at radius 3 is 2.68 bits per heavy atom. The predicted molar refractivity (Wildman–Crippen MR) is 69.8 cm³/mol. The van der Waals surface area contributed by atoms with E-state index in [1.165, 1.54) is 6.07 Å². The first-order chi connectivity index (χ1) is 9.18. The second-order valence-corrected chi connectivity index (χ2v) is 4.04. The van der Waals surface area contributed by atoms with Gasteiger partial charge in [-0.25, -0.2) is 4.79 Å². The van der Waals surface area contributed by atoms with Crippen LogP contribution in [0, 0.1) is 0 Å². The summed E-state index contributed by atoms with van der Waals surface area (Å²) in [5.74, 6) is -1.33. The van der Waals surface area contributed by atoms with Crippen molar-refractivity contribution in [3.8, 4) is 5.75 Å². The van der Waals surface area contributed by atoms with Crippen LogP contribution in [0.4, 0.5) is 0 Å². The van der Waals surface area contributed by atoms with E-state index >= 15 is 0 Å². The number of rotatable bonds is 5. The van der Waals surface area contributed by atoms with Gasteiger partial charge < -0.3 is 15.5 Å². The first-order valence-electron chi connectivity index (χ1n) is 5.83. The van der Waals surface area contributed by atoms with Crippen LogP contribution in [-0.4, -0.2) is 21.2 Å². The minimum Gasteiger partial charge on any atom is -0.507 e. The summed E-state index contributed by atoms with van der Waals surface area (Å²) in [6.07, 6.45) is 1.71. The van der Waals surface area contributed by atoms with Gasteiger partial charge in [-0.2, -0.15) is 0 Å². The van der Waals surface area contributed by atoms with Crippen molar-refractivity contribution in [1.29, 1.82) is 0 Å². The lowest BCUT2D eigenvalue weighted by Gasteiger charge is -2.08. The molecule has 0 aliphatic heterocycles. The molecule has 5 heteroatoms. The molecule has 0 radical (unpaired) electrons. The minimum atomic E-state index is -1.14. The highest BCUT2D eigenvalue weighted by Gasteiger charge is 2.12. The largest absolute Gasteiger partial charge is 0.507 e. The zero-order valence-corrected chi connectivity index (χ0v) is 10.2. The first-order valence-corrected chi connectivity index (χ1v) is 5.83. The Balaban J connectivity index is 2.00. The fourth-order valence-corrected chi connectivity index (χ4v) is 1.73. The number of nitrogens with zero attached hydrogens (tertiary/aromatic N) is 1. The molecule has 19 heavy (non-hydrogen) atoms. The van der Waals surface area contributed by atoms with Gasteiger partial charge >= 0.3 is 5.97 Å². The van der Waals surface area contributed by atoms with Gasteiger partial charge in [0, 0.05) is 24.8 Å². The lowest BCUT2D eigenvalue weighted by molar-refractivity contribution is 0.0693. The van der Waals surface area contributed by atoms with Crippen molar-refractivity contribution in [2.75, 3.05) is 0 Å². The summed E-state index contributed by atoms with van der Waals surface area (Å²) < 4.78 is 0. The van der Waals surface area contributed by atoms with E-state index in [1.54, 1.807) is 18.3 Å². The van der Waals surface area contributed by atoms with Crippen molar-refractivity contribution >= 4 is 5.97 Å². The molecule has 3 N–H and O–H groups in total. The van der Waals surface area contributed by atoms with Gasteiger partial charge in [0.15, 0.2) is 0 Å². The number of carbonyl (C=O) groups is 1. The average Bonchev–Trinajstić information content (AvgIpc) is 2.41. The molecular formula is C14H14N2O3. The van der Waals surface area contributed by atoms with Crippen LogP contribution < -0.4 is 5.32 Å². The number of carboxylic acids is 1. The zero-order chi connectivity index (χ0) is 13.7. The predicted octanol–water partition coefficient (Wildman–Crippen LogP) is 1.78. The highest BCUT2D eigenvalue weighted by Crippen LogP contribution is 2.22. The SMILES string of the molecule is O=C(O)c1cccc(CNCc2ccccn2)c1O. The van der Waals surface area contributed by atoms with E-state index < -0.39 is 5.97 Å². The topological polar surface area (TPSA) is 82.5 Å². The standard InChI is InChI=1S/C14H14N2O3/c17-13-10(4-3-6-12(13)14(18)19)8-15-9-11-5-1-2-7-16-11/h1-7,15,17H,8-9H2,(H,18,19). The lowest BCUT2D eigenvalue weighted by atomic mass is 10.1. The molecule has 0 bridgehead atoms. The molecule has 0 fully saturated rings. The summed E-state index contributed by atoms with van der Waals surface area (Å²) in [6.45, 7) is 0.932. The number of aromatic nitrogens is 1. The molecule has 0 saturated heterocycles. The molecule has 2 aromatic rings. The first kappa shape index (κ1) is 13.0. The summed E-state index contributed by atoms with van der Waals surface area (Å²) >= 11 is 0. The Morgan fingerprint density at radius 2 is 2.00 bits per heavy atom. The third kappa shape index (κ3) is 3.29. The second kappa shape index (κ2) is 5.97. The van der Waals surface area contributed by atoms with Crippen molar-refractivity contribution in [2.45, 2.75) is 13.1 Å². The number of hydrogen-bond acceptors (Lipinski definition) is 4. The second-order valence-electron chi connectivity index (χ2n) is 4.04. The van der Waals surface area contributed by atoms with Crippen LogP contribution in [0.3, 0.4) is 0 Å². The number of nitrogens with one attached hydrogen (secondary N) is 1. The molecule has 1 aromatic carbocycles. The maximum Gasteiger partial charge on any atom is 0.339 e. The monoisotopic (exact) mass is 258 g/mol. The Hall–Kier alpha value is -2.40. The molecule has 0 atom stereocenters. The smallest absolute Gasteiger partial charge is 0.339 e. The molecule has 98 valence electrons. The van der Waals surface area contributed by atoms with Crippen LogP contribution in [0.25, 0.3) is 0 Å². The highest BCUT2D eigenvalue weighted by atomic mass is 16.4. The molecule has 0 spiro atoms. The third-order valence-electron chi connectivity index (χ3n) is 2.70. The number of aromatic hydroxyl groups is 1. The van der Waals surface area contributed by atoms with Gasteiger partial charge in [0.05, 0.1) is 5.69 Å². The number of aromatic carboxylic acids is 1. The van der Waals surface area contributed by atoms with Crippen LogP contribution in [0.15, 0.2) is 42.6 Å². The van der Waals surface area contributed by atoms with Crippen LogP contribution in [0.5, 0.6) is 5.75 Å². The maximum absolute atomic E-state index is 10.9. The number of para-hydroxylation sites is 1. The summed E-state index contributed by atoms with van der Waals surface area (Å²) in [4.78, 5) is 15.0. The fraction of sp³-hybridized carbons (Fsp3) is 0.143. The van der Waals surface area contributed by atoms with E-state index in [9.17, 15) is 9.90 Å². The molecule has 0 saturated carbocycles. The number of hydrogen-bond donors (Lipinski definition) is 3. The van der Waals surface area contributed by atoms with E-state index in [2.05, 4.69) is 10.3 Å². The molecule has 0 aliphatic carbocycles. The van der Waals surface area contributed by atoms with Crippen LogP contribution in [0.1, 0.15) is 21.6 Å². The van der Waals surface area contributed by atoms with E-state index in [-0.39, 0.29) is 11.3 Å². The summed E-state index contributed by atoms with van der Waals surface area (Å²) in [5, 5.41) is 21.8. The Labute approximate surface area is 110 Å². The van der Waals surface area contributed by atoms with Crippen molar-refractivity contribution in [2.24, 2.45) is 0 Å². The van der Waals surface area contributed by atoms with E-state index in [0.29, 0.717) is 18.7 Å². The van der Waals surface area contributed by atoms with Crippen molar-refractivity contribution in [3.63, 3.8) is 0 Å². The van der Waals surface area contributed by atoms with Gasteiger partial charge in [-0.05, 0) is 18.2 Å². The Morgan fingerprint density at radius 1 is 1.16 bits per heavy atom. The average molecular weight is 258 g/mol. The van der Waals surface area contributed by atoms with Crippen LogP contribution >= 0.6 is 0 Å². The number of phenols is 1. The number of benzene rings is 1. The molecule has 0 aliphatic rings. The Kier molecular flexibility index (Phi) is 4.10. The van der Waals surface area contributed by atoms with Crippen molar-refractivity contribution in [3.05, 3.63) is 59.4 Å². The molecular weight excluding hydrogens is 244 g/mol. The molecule has 1 aromatic heterocycles. The molecule has 0 unspecified atom stereocenters. The quantitative estimate of drug-likeness (QED) is 0.761. The van der Waals surface area contributed by atoms with Crippen molar-refractivity contribution < 1.29 is 15.0 Å². The van der Waals surface area contributed by atoms with Gasteiger partial charge in [0.2, 0.25) is 0 Å². The van der Waals surface area contributed by atoms with Gasteiger partial charge in [-0.1, -0.05) is 18.2 Å². The van der Waals surface area contributed by atoms with E-state index in [1.807, 2.05) is 18.2 Å². The van der Waals surface area contributed by atoms with Gasteiger partial charge in [0.1, 0.15) is 11.3 Å². The number of pyridine rings is 1. The molecule has 2 rings (SSSR count).